The summed E-state index contributed by atoms with van der Waals surface area (Å²) in [6, 6.07) is 4.78. The molecule has 118 valence electrons. The smallest absolute Gasteiger partial charge is 0.311 e. The minimum atomic E-state index is -0.440. The van der Waals surface area contributed by atoms with E-state index in [0.717, 1.165) is 12.1 Å². The molecule has 0 aliphatic heterocycles. The summed E-state index contributed by atoms with van der Waals surface area (Å²) in [6.45, 7) is 7.30. The highest BCUT2D eigenvalue weighted by Crippen LogP contribution is 2.31. The third-order valence-corrected chi connectivity index (χ3v) is 3.18. The van der Waals surface area contributed by atoms with Gasteiger partial charge in [0.25, 0.3) is 0 Å². The van der Waals surface area contributed by atoms with E-state index >= 15 is 0 Å². The van der Waals surface area contributed by atoms with Crippen molar-refractivity contribution in [1.29, 1.82) is 0 Å². The molecule has 0 bridgehead atoms. The van der Waals surface area contributed by atoms with Gasteiger partial charge in [-0.15, -0.1) is 0 Å². The number of hydrogen-bond donors (Lipinski definition) is 2. The van der Waals surface area contributed by atoms with Crippen LogP contribution in [0.3, 0.4) is 0 Å². The molecule has 6 nitrogen and oxygen atoms in total. The summed E-state index contributed by atoms with van der Waals surface area (Å²) in [5.74, 6) is 0.284. The third-order valence-electron chi connectivity index (χ3n) is 3.18. The SMILES string of the molecule is CCCOc1cc(NCC(C)(C)CCO)ccc1[N+](=O)[O-]. The molecule has 0 aliphatic rings. The lowest BCUT2D eigenvalue weighted by Crippen LogP contribution is -2.24. The summed E-state index contributed by atoms with van der Waals surface area (Å²) < 4.78 is 5.45. The van der Waals surface area contributed by atoms with Gasteiger partial charge in [0, 0.05) is 31.0 Å². The highest BCUT2D eigenvalue weighted by Gasteiger charge is 2.19. The van der Waals surface area contributed by atoms with E-state index in [4.69, 9.17) is 9.84 Å². The number of nitro groups is 1. The molecule has 0 fully saturated rings. The number of aliphatic hydroxyl groups excluding tert-OH is 1. The Morgan fingerprint density at radius 3 is 2.71 bits per heavy atom. The van der Waals surface area contributed by atoms with Crippen molar-refractivity contribution in [2.24, 2.45) is 5.41 Å². The van der Waals surface area contributed by atoms with Crippen LogP contribution in [0.4, 0.5) is 11.4 Å². The summed E-state index contributed by atoms with van der Waals surface area (Å²) in [4.78, 5) is 10.5. The largest absolute Gasteiger partial charge is 0.487 e. The normalized spacial score (nSPS) is 11.2. The van der Waals surface area contributed by atoms with E-state index in [0.29, 0.717) is 19.6 Å². The lowest BCUT2D eigenvalue weighted by atomic mass is 9.89. The Morgan fingerprint density at radius 2 is 2.14 bits per heavy atom. The van der Waals surface area contributed by atoms with Crippen molar-refractivity contribution in [3.63, 3.8) is 0 Å². The number of anilines is 1. The topological polar surface area (TPSA) is 84.6 Å². The molecule has 1 aromatic rings. The van der Waals surface area contributed by atoms with E-state index in [1.54, 1.807) is 12.1 Å². The van der Waals surface area contributed by atoms with Crippen LogP contribution in [-0.2, 0) is 0 Å². The fourth-order valence-electron chi connectivity index (χ4n) is 1.83. The first kappa shape index (κ1) is 17.2. The van der Waals surface area contributed by atoms with Gasteiger partial charge >= 0.3 is 5.69 Å². The first-order chi connectivity index (χ1) is 9.89. The summed E-state index contributed by atoms with van der Waals surface area (Å²) >= 11 is 0. The lowest BCUT2D eigenvalue weighted by Gasteiger charge is -2.24. The van der Waals surface area contributed by atoms with Gasteiger partial charge in [-0.3, -0.25) is 10.1 Å². The quantitative estimate of drug-likeness (QED) is 0.540. The molecular weight excluding hydrogens is 272 g/mol. The van der Waals surface area contributed by atoms with Crippen LogP contribution in [-0.4, -0.2) is 29.8 Å². The predicted molar refractivity (Wildman–Crippen MR) is 82.9 cm³/mol. The van der Waals surface area contributed by atoms with E-state index in [2.05, 4.69) is 19.2 Å². The van der Waals surface area contributed by atoms with E-state index in [1.807, 2.05) is 6.92 Å². The second-order valence-electron chi connectivity index (χ2n) is 5.78. The number of ether oxygens (including phenoxy) is 1. The number of hydrogen-bond acceptors (Lipinski definition) is 5. The van der Waals surface area contributed by atoms with Crippen LogP contribution in [0.15, 0.2) is 18.2 Å². The third kappa shape index (κ3) is 5.59. The van der Waals surface area contributed by atoms with Gasteiger partial charge in [-0.1, -0.05) is 20.8 Å². The molecule has 0 heterocycles. The Balaban J connectivity index is 2.82. The minimum Gasteiger partial charge on any atom is -0.487 e. The van der Waals surface area contributed by atoms with Gasteiger partial charge in [0.2, 0.25) is 0 Å². The Hall–Kier alpha value is -1.82. The van der Waals surface area contributed by atoms with E-state index in [9.17, 15) is 10.1 Å². The maximum absolute atomic E-state index is 11.0. The number of aliphatic hydroxyl groups is 1. The molecule has 21 heavy (non-hydrogen) atoms. The lowest BCUT2D eigenvalue weighted by molar-refractivity contribution is -0.385. The molecule has 0 unspecified atom stereocenters. The number of rotatable bonds is 9. The Bertz CT molecular complexity index is 475. The zero-order valence-corrected chi connectivity index (χ0v) is 12.9. The van der Waals surface area contributed by atoms with Crippen LogP contribution in [0, 0.1) is 15.5 Å². The molecule has 0 aromatic heterocycles. The molecule has 0 saturated carbocycles. The molecule has 6 heteroatoms. The fraction of sp³-hybridized carbons (Fsp3) is 0.600. The number of nitrogens with one attached hydrogen (secondary N) is 1. The van der Waals surface area contributed by atoms with Crippen LogP contribution in [0.2, 0.25) is 0 Å². The van der Waals surface area contributed by atoms with Crippen LogP contribution in [0.25, 0.3) is 0 Å². The Morgan fingerprint density at radius 1 is 1.43 bits per heavy atom. The molecule has 0 saturated heterocycles. The van der Waals surface area contributed by atoms with Gasteiger partial charge in [-0.25, -0.2) is 0 Å². The average molecular weight is 296 g/mol. The first-order valence-corrected chi connectivity index (χ1v) is 7.15. The van der Waals surface area contributed by atoms with Crippen molar-refractivity contribution in [1.82, 2.24) is 0 Å². The average Bonchev–Trinajstić information content (AvgIpc) is 2.42. The van der Waals surface area contributed by atoms with Gasteiger partial charge in [0.05, 0.1) is 11.5 Å². The standard InChI is InChI=1S/C15H24N2O4/c1-4-9-21-14-10-12(5-6-13(14)17(19)20)16-11-15(2,3)7-8-18/h5-6,10,16,18H,4,7-9,11H2,1-3H3. The monoisotopic (exact) mass is 296 g/mol. The van der Waals surface area contributed by atoms with Crippen molar-refractivity contribution in [3.8, 4) is 5.75 Å². The molecule has 0 atom stereocenters. The number of benzene rings is 1. The molecule has 1 aromatic carbocycles. The van der Waals surface area contributed by atoms with Crippen LogP contribution in [0.5, 0.6) is 5.75 Å². The van der Waals surface area contributed by atoms with Gasteiger partial charge in [-0.2, -0.15) is 0 Å². The molecule has 0 spiro atoms. The predicted octanol–water partition coefficient (Wildman–Crippen LogP) is 3.20. The summed E-state index contributed by atoms with van der Waals surface area (Å²) in [5.41, 5.74) is 0.697. The zero-order valence-electron chi connectivity index (χ0n) is 12.9. The molecule has 1 rings (SSSR count). The van der Waals surface area contributed by atoms with Gasteiger partial charge < -0.3 is 15.2 Å². The second kappa shape index (κ2) is 7.83. The molecule has 2 N–H and O–H groups in total. The number of nitrogens with zero attached hydrogens (tertiary/aromatic N) is 1. The highest BCUT2D eigenvalue weighted by molar-refractivity contribution is 5.58. The van der Waals surface area contributed by atoms with Gasteiger partial charge in [0.1, 0.15) is 0 Å². The summed E-state index contributed by atoms with van der Waals surface area (Å²) in [5, 5.41) is 23.2. The highest BCUT2D eigenvalue weighted by atomic mass is 16.6. The molecule has 0 aliphatic carbocycles. The van der Waals surface area contributed by atoms with Crippen molar-refractivity contribution in [2.75, 3.05) is 25.1 Å². The number of nitro benzene ring substituents is 1. The Labute approximate surface area is 125 Å². The second-order valence-corrected chi connectivity index (χ2v) is 5.78. The minimum absolute atomic E-state index is 0.0244. The van der Waals surface area contributed by atoms with Crippen molar-refractivity contribution in [3.05, 3.63) is 28.3 Å². The van der Waals surface area contributed by atoms with Crippen molar-refractivity contribution < 1.29 is 14.8 Å². The van der Waals surface area contributed by atoms with Crippen LogP contribution < -0.4 is 10.1 Å². The summed E-state index contributed by atoms with van der Waals surface area (Å²) in [7, 11) is 0. The Kier molecular flexibility index (Phi) is 6.42. The van der Waals surface area contributed by atoms with Crippen molar-refractivity contribution >= 4 is 11.4 Å². The van der Waals surface area contributed by atoms with Crippen molar-refractivity contribution in [2.45, 2.75) is 33.6 Å². The molecule has 0 radical (unpaired) electrons. The van der Waals surface area contributed by atoms with E-state index < -0.39 is 4.92 Å². The van der Waals surface area contributed by atoms with Crippen LogP contribution >= 0.6 is 0 Å². The molecule has 0 amide bonds. The van der Waals surface area contributed by atoms with E-state index in [-0.39, 0.29) is 23.5 Å². The van der Waals surface area contributed by atoms with Gasteiger partial charge in [0.15, 0.2) is 5.75 Å². The first-order valence-electron chi connectivity index (χ1n) is 7.15. The maximum Gasteiger partial charge on any atom is 0.311 e. The maximum atomic E-state index is 11.0. The van der Waals surface area contributed by atoms with Gasteiger partial charge in [-0.05, 0) is 24.3 Å². The van der Waals surface area contributed by atoms with Crippen LogP contribution in [0.1, 0.15) is 33.6 Å². The fourth-order valence-corrected chi connectivity index (χ4v) is 1.83. The van der Waals surface area contributed by atoms with E-state index in [1.165, 1.54) is 6.07 Å². The molecular formula is C15H24N2O4. The summed E-state index contributed by atoms with van der Waals surface area (Å²) in [6.07, 6.45) is 1.48. The zero-order chi connectivity index (χ0) is 15.9.